The molecule has 2 aromatic rings. The van der Waals surface area contributed by atoms with Crippen molar-refractivity contribution in [3.63, 3.8) is 0 Å². The van der Waals surface area contributed by atoms with Gasteiger partial charge in [-0.05, 0) is 46.1 Å². The first-order valence-electron chi connectivity index (χ1n) is 5.26. The SMILES string of the molecule is Cc1cc(NCc2ccccc2Br)ncc1Br. The first-order valence-corrected chi connectivity index (χ1v) is 6.85. The molecular weight excluding hydrogens is 344 g/mol. The van der Waals surface area contributed by atoms with Crippen LogP contribution in [0, 0.1) is 6.92 Å². The van der Waals surface area contributed by atoms with Crippen molar-refractivity contribution in [2.45, 2.75) is 13.5 Å². The quantitative estimate of drug-likeness (QED) is 0.875. The number of benzene rings is 1. The Hall–Kier alpha value is -0.870. The minimum Gasteiger partial charge on any atom is -0.366 e. The number of hydrogen-bond donors (Lipinski definition) is 1. The van der Waals surface area contributed by atoms with E-state index in [1.807, 2.05) is 30.5 Å². The van der Waals surface area contributed by atoms with Gasteiger partial charge in [-0.3, -0.25) is 0 Å². The van der Waals surface area contributed by atoms with Gasteiger partial charge in [0.1, 0.15) is 5.82 Å². The Balaban J connectivity index is 2.08. The molecule has 4 heteroatoms. The van der Waals surface area contributed by atoms with Gasteiger partial charge in [0, 0.05) is 21.7 Å². The number of aryl methyl sites for hydroxylation is 1. The van der Waals surface area contributed by atoms with E-state index < -0.39 is 0 Å². The normalized spacial score (nSPS) is 10.3. The van der Waals surface area contributed by atoms with E-state index in [2.05, 4.69) is 55.2 Å². The van der Waals surface area contributed by atoms with Crippen LogP contribution in [0.15, 0.2) is 45.5 Å². The Bertz CT molecular complexity index is 527. The number of halogens is 2. The van der Waals surface area contributed by atoms with Crippen molar-refractivity contribution in [1.29, 1.82) is 0 Å². The van der Waals surface area contributed by atoms with Crippen LogP contribution in [-0.4, -0.2) is 4.98 Å². The van der Waals surface area contributed by atoms with Gasteiger partial charge in [-0.2, -0.15) is 0 Å². The zero-order valence-corrected chi connectivity index (χ0v) is 12.5. The third-order valence-electron chi connectivity index (χ3n) is 2.46. The summed E-state index contributed by atoms with van der Waals surface area (Å²) in [4.78, 5) is 4.31. The van der Waals surface area contributed by atoms with Gasteiger partial charge in [0.15, 0.2) is 0 Å². The molecule has 2 nitrogen and oxygen atoms in total. The van der Waals surface area contributed by atoms with Gasteiger partial charge in [-0.1, -0.05) is 34.1 Å². The maximum Gasteiger partial charge on any atom is 0.126 e. The molecule has 1 heterocycles. The summed E-state index contributed by atoms with van der Waals surface area (Å²) < 4.78 is 2.14. The molecule has 1 N–H and O–H groups in total. The van der Waals surface area contributed by atoms with Crippen molar-refractivity contribution in [3.8, 4) is 0 Å². The number of hydrogen-bond acceptors (Lipinski definition) is 2. The highest BCUT2D eigenvalue weighted by molar-refractivity contribution is 9.10. The van der Waals surface area contributed by atoms with Crippen LogP contribution in [0.1, 0.15) is 11.1 Å². The molecule has 0 saturated carbocycles. The highest BCUT2D eigenvalue weighted by Gasteiger charge is 2.01. The molecule has 0 unspecified atom stereocenters. The fourth-order valence-corrected chi connectivity index (χ4v) is 2.11. The van der Waals surface area contributed by atoms with Crippen molar-refractivity contribution in [3.05, 3.63) is 56.6 Å². The maximum atomic E-state index is 4.31. The van der Waals surface area contributed by atoms with Crippen molar-refractivity contribution in [2.24, 2.45) is 0 Å². The predicted octanol–water partition coefficient (Wildman–Crippen LogP) is 4.53. The molecule has 0 amide bonds. The van der Waals surface area contributed by atoms with Gasteiger partial charge in [0.25, 0.3) is 0 Å². The molecule has 0 radical (unpaired) electrons. The zero-order valence-electron chi connectivity index (χ0n) is 9.37. The van der Waals surface area contributed by atoms with Crippen LogP contribution in [0.5, 0.6) is 0 Å². The zero-order chi connectivity index (χ0) is 12.3. The van der Waals surface area contributed by atoms with Crippen LogP contribution in [-0.2, 0) is 6.54 Å². The van der Waals surface area contributed by atoms with E-state index in [9.17, 15) is 0 Å². The van der Waals surface area contributed by atoms with Gasteiger partial charge in [0.05, 0.1) is 0 Å². The topological polar surface area (TPSA) is 24.9 Å². The van der Waals surface area contributed by atoms with Crippen LogP contribution in [0.2, 0.25) is 0 Å². The van der Waals surface area contributed by atoms with E-state index in [0.29, 0.717) is 0 Å². The standard InChI is InChI=1S/C13H12Br2N2/c1-9-6-13(17-8-12(9)15)16-7-10-4-2-3-5-11(10)14/h2-6,8H,7H2,1H3,(H,16,17). The van der Waals surface area contributed by atoms with Crippen LogP contribution in [0.25, 0.3) is 0 Å². The molecule has 0 aliphatic rings. The molecule has 17 heavy (non-hydrogen) atoms. The van der Waals surface area contributed by atoms with E-state index >= 15 is 0 Å². The molecule has 0 aliphatic heterocycles. The lowest BCUT2D eigenvalue weighted by Crippen LogP contribution is -2.02. The summed E-state index contributed by atoms with van der Waals surface area (Å²) in [6.07, 6.45) is 1.82. The highest BCUT2D eigenvalue weighted by Crippen LogP contribution is 2.19. The van der Waals surface area contributed by atoms with Crippen LogP contribution >= 0.6 is 31.9 Å². The summed E-state index contributed by atoms with van der Waals surface area (Å²) in [5.41, 5.74) is 2.39. The van der Waals surface area contributed by atoms with Gasteiger partial charge in [-0.15, -0.1) is 0 Å². The van der Waals surface area contributed by atoms with Crippen LogP contribution in [0.4, 0.5) is 5.82 Å². The van der Waals surface area contributed by atoms with Gasteiger partial charge in [0.2, 0.25) is 0 Å². The summed E-state index contributed by atoms with van der Waals surface area (Å²) in [5, 5.41) is 3.31. The number of aromatic nitrogens is 1. The lowest BCUT2D eigenvalue weighted by molar-refractivity contribution is 1.09. The Labute approximate surface area is 118 Å². The minimum atomic E-state index is 0.759. The highest BCUT2D eigenvalue weighted by atomic mass is 79.9. The fourth-order valence-electron chi connectivity index (χ4n) is 1.46. The largest absolute Gasteiger partial charge is 0.366 e. The van der Waals surface area contributed by atoms with Crippen molar-refractivity contribution in [2.75, 3.05) is 5.32 Å². The molecule has 1 aromatic heterocycles. The molecule has 0 aliphatic carbocycles. The molecular formula is C13H12Br2N2. The molecule has 2 rings (SSSR count). The summed E-state index contributed by atoms with van der Waals surface area (Å²) in [6.45, 7) is 2.81. The first kappa shape index (κ1) is 12.6. The van der Waals surface area contributed by atoms with Crippen molar-refractivity contribution in [1.82, 2.24) is 4.98 Å². The summed E-state index contributed by atoms with van der Waals surface area (Å²) >= 11 is 6.97. The average Bonchev–Trinajstić information content (AvgIpc) is 2.32. The minimum absolute atomic E-state index is 0.759. The smallest absolute Gasteiger partial charge is 0.126 e. The van der Waals surface area contributed by atoms with E-state index in [0.717, 1.165) is 21.3 Å². The van der Waals surface area contributed by atoms with Crippen molar-refractivity contribution >= 4 is 37.7 Å². The molecule has 0 atom stereocenters. The van der Waals surface area contributed by atoms with Crippen LogP contribution in [0.3, 0.4) is 0 Å². The molecule has 0 spiro atoms. The molecule has 0 bridgehead atoms. The lowest BCUT2D eigenvalue weighted by atomic mass is 10.2. The van der Waals surface area contributed by atoms with Gasteiger partial charge in [-0.25, -0.2) is 4.98 Å². The fraction of sp³-hybridized carbons (Fsp3) is 0.154. The molecule has 88 valence electrons. The Morgan fingerprint density at radius 1 is 1.18 bits per heavy atom. The number of nitrogens with one attached hydrogen (secondary N) is 1. The van der Waals surface area contributed by atoms with E-state index in [4.69, 9.17) is 0 Å². The monoisotopic (exact) mass is 354 g/mol. The van der Waals surface area contributed by atoms with E-state index in [-0.39, 0.29) is 0 Å². The second kappa shape index (κ2) is 5.65. The third-order valence-corrected chi connectivity index (χ3v) is 4.07. The second-order valence-corrected chi connectivity index (χ2v) is 5.47. The molecule has 0 saturated heterocycles. The number of pyridine rings is 1. The summed E-state index contributed by atoms with van der Waals surface area (Å²) in [6, 6.07) is 10.2. The lowest BCUT2D eigenvalue weighted by Gasteiger charge is -2.08. The molecule has 0 fully saturated rings. The summed E-state index contributed by atoms with van der Waals surface area (Å²) in [5.74, 6) is 0.890. The van der Waals surface area contributed by atoms with Gasteiger partial charge >= 0.3 is 0 Å². The maximum absolute atomic E-state index is 4.31. The number of nitrogens with zero attached hydrogens (tertiary/aromatic N) is 1. The van der Waals surface area contributed by atoms with Crippen LogP contribution < -0.4 is 5.32 Å². The van der Waals surface area contributed by atoms with E-state index in [1.54, 1.807) is 0 Å². The average molecular weight is 356 g/mol. The third kappa shape index (κ3) is 3.30. The Morgan fingerprint density at radius 2 is 1.94 bits per heavy atom. The first-order chi connectivity index (χ1) is 8.16. The number of rotatable bonds is 3. The van der Waals surface area contributed by atoms with E-state index in [1.165, 1.54) is 11.1 Å². The summed E-state index contributed by atoms with van der Waals surface area (Å²) in [7, 11) is 0. The predicted molar refractivity (Wildman–Crippen MR) is 78.1 cm³/mol. The Morgan fingerprint density at radius 3 is 2.65 bits per heavy atom. The Kier molecular flexibility index (Phi) is 4.18. The van der Waals surface area contributed by atoms with Gasteiger partial charge < -0.3 is 5.32 Å². The number of anilines is 1. The molecule has 1 aromatic carbocycles. The second-order valence-electron chi connectivity index (χ2n) is 3.76. The van der Waals surface area contributed by atoms with Crippen molar-refractivity contribution < 1.29 is 0 Å².